The molecule has 1 fully saturated rings. The summed E-state index contributed by atoms with van der Waals surface area (Å²) >= 11 is 6.59. The van der Waals surface area contributed by atoms with E-state index < -0.39 is 27.3 Å². The van der Waals surface area contributed by atoms with E-state index in [9.17, 15) is 22.8 Å². The summed E-state index contributed by atoms with van der Waals surface area (Å²) in [7, 11) is -4.08. The molecule has 4 N–H and O–H groups in total. The number of rotatable bonds is 9. The van der Waals surface area contributed by atoms with Gasteiger partial charge in [-0.15, -0.1) is 11.3 Å². The minimum atomic E-state index is -4.08. The van der Waals surface area contributed by atoms with E-state index >= 15 is 0 Å². The molecular weight excluding hydrogens is 576 g/mol. The maximum Gasteiger partial charge on any atom is 0.333 e. The molecule has 11 nitrogen and oxygen atoms in total. The average molecular weight is 603 g/mol. The van der Waals surface area contributed by atoms with Gasteiger partial charge in [0.25, 0.3) is 15.6 Å². The van der Waals surface area contributed by atoms with Gasteiger partial charge in [0, 0.05) is 17.9 Å². The number of urea groups is 1. The van der Waals surface area contributed by atoms with E-state index in [0.29, 0.717) is 10.9 Å². The van der Waals surface area contributed by atoms with Crippen molar-refractivity contribution in [3.63, 3.8) is 0 Å². The second-order valence-electron chi connectivity index (χ2n) is 9.33. The molecule has 3 heterocycles. The lowest BCUT2D eigenvalue weighted by atomic mass is 10.2. The molecule has 0 atom stereocenters. The highest BCUT2D eigenvalue weighted by Gasteiger charge is 2.20. The number of sulfonamides is 1. The third-order valence-electron chi connectivity index (χ3n) is 6.50. The topological polar surface area (TPSA) is 145 Å². The number of nitrogens with one attached hydrogen (secondary N) is 4. The molecule has 210 valence electrons. The van der Waals surface area contributed by atoms with Gasteiger partial charge in [0.1, 0.15) is 4.21 Å². The van der Waals surface area contributed by atoms with E-state index in [1.807, 2.05) is 10.8 Å². The number of H-pyrrole nitrogens is 1. The second-order valence-corrected chi connectivity index (χ2v) is 12.9. The highest BCUT2D eigenvalue weighted by molar-refractivity contribution is 7.92. The van der Waals surface area contributed by atoms with Crippen molar-refractivity contribution in [1.82, 2.24) is 19.2 Å². The van der Waals surface area contributed by atoms with E-state index in [4.69, 9.17) is 11.6 Å². The fourth-order valence-corrected chi connectivity index (χ4v) is 6.96. The summed E-state index contributed by atoms with van der Waals surface area (Å²) in [6.45, 7) is 4.16. The van der Waals surface area contributed by atoms with Gasteiger partial charge in [-0.25, -0.2) is 27.3 Å². The molecule has 14 heteroatoms. The predicted octanol–water partition coefficient (Wildman–Crippen LogP) is 3.80. The number of carbonyl (C=O) groups excluding carboxylic acids is 1. The van der Waals surface area contributed by atoms with Crippen molar-refractivity contribution in [3.8, 4) is 5.69 Å². The Balaban J connectivity index is 1.26. The number of carbonyl (C=O) groups is 1. The quantitative estimate of drug-likeness (QED) is 0.213. The van der Waals surface area contributed by atoms with E-state index in [1.54, 1.807) is 12.1 Å². The number of likely N-dealkylation sites (tertiary alicyclic amines) is 1. The largest absolute Gasteiger partial charge is 0.385 e. The molecule has 1 aliphatic heterocycles. The van der Waals surface area contributed by atoms with Crippen molar-refractivity contribution in [3.05, 3.63) is 79.8 Å². The van der Waals surface area contributed by atoms with E-state index in [0.717, 1.165) is 54.2 Å². The van der Waals surface area contributed by atoms with E-state index in [2.05, 4.69) is 20.5 Å². The van der Waals surface area contributed by atoms with Gasteiger partial charge in [0.2, 0.25) is 0 Å². The lowest BCUT2D eigenvalue weighted by molar-refractivity contribution is 0.256. The number of benzene rings is 2. The number of anilines is 2. The second kappa shape index (κ2) is 11.8. The van der Waals surface area contributed by atoms with Gasteiger partial charge in [-0.05, 0) is 93.5 Å². The predicted molar refractivity (Wildman–Crippen MR) is 158 cm³/mol. The van der Waals surface area contributed by atoms with Crippen LogP contribution in [0.25, 0.3) is 16.6 Å². The van der Waals surface area contributed by atoms with E-state index in [-0.39, 0.29) is 19.9 Å². The molecule has 1 saturated heterocycles. The fourth-order valence-electron chi connectivity index (χ4n) is 4.57. The van der Waals surface area contributed by atoms with Crippen molar-refractivity contribution in [2.75, 3.05) is 36.8 Å². The number of halogens is 1. The Labute approximate surface area is 238 Å². The normalized spacial score (nSPS) is 13.9. The Kier molecular flexibility index (Phi) is 8.26. The minimum Gasteiger partial charge on any atom is -0.385 e. The molecule has 1 aliphatic rings. The van der Waals surface area contributed by atoms with Crippen LogP contribution in [-0.2, 0) is 10.0 Å². The maximum atomic E-state index is 13.2. The first kappa shape index (κ1) is 27.9. The number of hydrogen-bond acceptors (Lipinski definition) is 8. The van der Waals surface area contributed by atoms with Crippen LogP contribution in [0.15, 0.2) is 68.4 Å². The van der Waals surface area contributed by atoms with Crippen LogP contribution in [0, 0.1) is 0 Å². The smallest absolute Gasteiger partial charge is 0.333 e. The van der Waals surface area contributed by atoms with Gasteiger partial charge in [-0.2, -0.15) is 0 Å². The van der Waals surface area contributed by atoms with Gasteiger partial charge in [0.05, 0.1) is 20.9 Å². The molecule has 0 saturated carbocycles. The Morgan fingerprint density at radius 2 is 1.73 bits per heavy atom. The molecule has 2 amide bonds. The molecule has 0 radical (unpaired) electrons. The van der Waals surface area contributed by atoms with Gasteiger partial charge < -0.3 is 20.5 Å². The van der Waals surface area contributed by atoms with Crippen LogP contribution < -0.4 is 26.6 Å². The van der Waals surface area contributed by atoms with Crippen molar-refractivity contribution in [2.45, 2.75) is 23.5 Å². The molecule has 2 aromatic carbocycles. The summed E-state index contributed by atoms with van der Waals surface area (Å²) in [6, 6.07) is 12.8. The van der Waals surface area contributed by atoms with Crippen molar-refractivity contribution >= 4 is 61.3 Å². The SMILES string of the molecule is O=C(Nc1ccc(-n2c(=O)[nH]c3cc(NCCCN4CCCC4)ccc3c2=O)cc1)NS(=O)(=O)c1ccc(Cl)s1. The molecular formula is C26H27ClN6O5S2. The van der Waals surface area contributed by atoms with Crippen molar-refractivity contribution < 1.29 is 13.2 Å². The zero-order valence-electron chi connectivity index (χ0n) is 21.3. The number of nitrogens with zero attached hydrogens (tertiary/aromatic N) is 2. The van der Waals surface area contributed by atoms with Crippen LogP contribution in [0.4, 0.5) is 16.2 Å². The Hall–Kier alpha value is -3.65. The first-order valence-electron chi connectivity index (χ1n) is 12.6. The van der Waals surface area contributed by atoms with Gasteiger partial charge in [-0.1, -0.05) is 11.6 Å². The molecule has 4 aromatic rings. The summed E-state index contributed by atoms with van der Waals surface area (Å²) in [5.74, 6) is 0. The molecule has 2 aromatic heterocycles. The number of thiophene rings is 1. The molecule has 0 unspecified atom stereocenters. The Morgan fingerprint density at radius 1 is 1.00 bits per heavy atom. The first-order valence-corrected chi connectivity index (χ1v) is 15.3. The van der Waals surface area contributed by atoms with Gasteiger partial charge in [0.15, 0.2) is 0 Å². The van der Waals surface area contributed by atoms with Crippen LogP contribution in [0.1, 0.15) is 19.3 Å². The maximum absolute atomic E-state index is 13.2. The summed E-state index contributed by atoms with van der Waals surface area (Å²) in [5.41, 5.74) is 0.690. The zero-order valence-corrected chi connectivity index (χ0v) is 23.7. The summed E-state index contributed by atoms with van der Waals surface area (Å²) in [4.78, 5) is 43.5. The van der Waals surface area contributed by atoms with Crippen LogP contribution in [0.2, 0.25) is 4.34 Å². The Bertz CT molecular complexity index is 1760. The third-order valence-corrected chi connectivity index (χ3v) is 9.55. The third kappa shape index (κ3) is 6.39. The molecule has 40 heavy (non-hydrogen) atoms. The first-order chi connectivity index (χ1) is 19.2. The summed E-state index contributed by atoms with van der Waals surface area (Å²) < 4.78 is 27.7. The summed E-state index contributed by atoms with van der Waals surface area (Å²) in [6.07, 6.45) is 3.53. The summed E-state index contributed by atoms with van der Waals surface area (Å²) in [5, 5.41) is 6.12. The molecule has 5 rings (SSSR count). The lowest BCUT2D eigenvalue weighted by Crippen LogP contribution is -2.34. The monoisotopic (exact) mass is 602 g/mol. The van der Waals surface area contributed by atoms with Crippen molar-refractivity contribution in [2.24, 2.45) is 0 Å². The average Bonchev–Trinajstić information content (AvgIpc) is 3.59. The lowest BCUT2D eigenvalue weighted by Gasteiger charge is -2.15. The van der Waals surface area contributed by atoms with Crippen LogP contribution in [0.3, 0.4) is 0 Å². The number of amides is 2. The Morgan fingerprint density at radius 3 is 2.42 bits per heavy atom. The van der Waals surface area contributed by atoms with Crippen molar-refractivity contribution in [1.29, 1.82) is 0 Å². The molecule has 0 spiro atoms. The van der Waals surface area contributed by atoms with Gasteiger partial charge >= 0.3 is 11.7 Å². The highest BCUT2D eigenvalue weighted by Crippen LogP contribution is 2.25. The standard InChI is InChI=1S/C26H27ClN6O5S2/c27-22-10-11-23(39-22)40(37,38)31-25(35)29-17-4-7-19(8-5-17)33-24(34)20-9-6-18(16-21(20)30-26(33)36)28-12-3-15-32-13-1-2-14-32/h4-11,16,28H,1-3,12-15H2,(H,30,36)(H2,29,31,35). The fraction of sp³-hybridized carbons (Fsp3) is 0.269. The number of aromatic nitrogens is 2. The number of fused-ring (bicyclic) bond motifs is 1. The molecule has 0 bridgehead atoms. The minimum absolute atomic E-state index is 0.0988. The van der Waals surface area contributed by atoms with Gasteiger partial charge in [-0.3, -0.25) is 4.79 Å². The number of hydrogen-bond donors (Lipinski definition) is 4. The molecule has 0 aliphatic carbocycles. The van der Waals surface area contributed by atoms with Crippen LogP contribution >= 0.6 is 22.9 Å². The highest BCUT2D eigenvalue weighted by atomic mass is 35.5. The van der Waals surface area contributed by atoms with E-state index in [1.165, 1.54) is 49.2 Å². The van der Waals surface area contributed by atoms with Crippen LogP contribution in [-0.4, -0.2) is 55.1 Å². The number of aromatic amines is 1. The van der Waals surface area contributed by atoms with Crippen LogP contribution in [0.5, 0.6) is 0 Å². The zero-order chi connectivity index (χ0) is 28.3.